The second-order valence-corrected chi connectivity index (χ2v) is 4.51. The van der Waals surface area contributed by atoms with Crippen molar-refractivity contribution in [2.45, 2.75) is 6.92 Å². The maximum atomic E-state index is 11.4. The number of hydrogen-bond acceptors (Lipinski definition) is 4. The Balaban J connectivity index is 2.47. The molecule has 0 saturated carbocycles. The number of pyridine rings is 1. The maximum Gasteiger partial charge on any atom is 0.265 e. The van der Waals surface area contributed by atoms with Gasteiger partial charge in [0.05, 0.1) is 22.1 Å². The van der Waals surface area contributed by atoms with Crippen molar-refractivity contribution in [3.05, 3.63) is 29.4 Å². The Hall–Kier alpha value is -2.96. The van der Waals surface area contributed by atoms with E-state index in [1.807, 2.05) is 0 Å². The zero-order valence-corrected chi connectivity index (χ0v) is 10.6. The summed E-state index contributed by atoms with van der Waals surface area (Å²) < 4.78 is 0. The highest BCUT2D eigenvalue weighted by molar-refractivity contribution is 6.15. The van der Waals surface area contributed by atoms with Crippen molar-refractivity contribution >= 4 is 39.3 Å². The normalized spacial score (nSPS) is 11.1. The van der Waals surface area contributed by atoms with E-state index in [-0.39, 0.29) is 17.0 Å². The lowest BCUT2D eigenvalue weighted by Crippen LogP contribution is -2.15. The molecule has 0 saturated heterocycles. The average Bonchev–Trinajstić information content (AvgIpc) is 2.79. The molecule has 0 unspecified atom stereocenters. The quantitative estimate of drug-likeness (QED) is 0.547. The number of aromatic nitrogens is 2. The molecule has 0 radical (unpaired) electrons. The van der Waals surface area contributed by atoms with Crippen LogP contribution < -0.4 is 16.4 Å². The van der Waals surface area contributed by atoms with Gasteiger partial charge < -0.3 is 16.0 Å². The van der Waals surface area contributed by atoms with Crippen LogP contribution in [0.25, 0.3) is 21.8 Å². The maximum absolute atomic E-state index is 11.4. The van der Waals surface area contributed by atoms with Crippen LogP contribution >= 0.6 is 0 Å². The van der Waals surface area contributed by atoms with Gasteiger partial charge in [0.15, 0.2) is 0 Å². The van der Waals surface area contributed by atoms with Crippen LogP contribution in [0.5, 0.6) is 0 Å². The van der Waals surface area contributed by atoms with E-state index in [1.54, 1.807) is 12.3 Å². The van der Waals surface area contributed by atoms with E-state index < -0.39 is 5.91 Å². The molecular formula is C13H11N5O2. The van der Waals surface area contributed by atoms with E-state index in [4.69, 9.17) is 11.1 Å². The molecule has 5 N–H and O–H groups in total. The Morgan fingerprint density at radius 1 is 1.40 bits per heavy atom. The predicted molar refractivity (Wildman–Crippen MR) is 73.5 cm³/mol. The van der Waals surface area contributed by atoms with Crippen LogP contribution in [0, 0.1) is 5.41 Å². The summed E-state index contributed by atoms with van der Waals surface area (Å²) in [4.78, 5) is 29.7. The van der Waals surface area contributed by atoms with Gasteiger partial charge in [-0.25, -0.2) is 0 Å². The summed E-state index contributed by atoms with van der Waals surface area (Å²) in [5, 5.41) is 12.2. The summed E-state index contributed by atoms with van der Waals surface area (Å²) in [6.07, 6.45) is 1.58. The fourth-order valence-corrected chi connectivity index (χ4v) is 2.27. The van der Waals surface area contributed by atoms with Crippen molar-refractivity contribution in [2.24, 2.45) is 5.73 Å². The molecule has 0 spiro atoms. The molecule has 7 heteroatoms. The lowest BCUT2D eigenvalue weighted by atomic mass is 10.1. The summed E-state index contributed by atoms with van der Waals surface area (Å²) in [5.74, 6) is -0.869. The average molecular weight is 269 g/mol. The highest BCUT2D eigenvalue weighted by Gasteiger charge is 2.15. The van der Waals surface area contributed by atoms with Crippen molar-refractivity contribution in [1.82, 2.24) is 9.97 Å². The third kappa shape index (κ3) is 1.68. The summed E-state index contributed by atoms with van der Waals surface area (Å²) in [7, 11) is 0. The number of carbonyl (C=O) groups is 2. The molecule has 3 aromatic rings. The number of nitrogens with one attached hydrogen (secondary N) is 3. The summed E-state index contributed by atoms with van der Waals surface area (Å²) >= 11 is 0. The van der Waals surface area contributed by atoms with Crippen molar-refractivity contribution in [1.29, 1.82) is 5.41 Å². The number of rotatable bonds is 2. The summed E-state index contributed by atoms with van der Waals surface area (Å²) in [6, 6.07) is 3.08. The van der Waals surface area contributed by atoms with E-state index in [0.29, 0.717) is 27.5 Å². The summed E-state index contributed by atoms with van der Waals surface area (Å²) in [5.41, 5.74) is 6.98. The molecule has 0 aliphatic carbocycles. The van der Waals surface area contributed by atoms with E-state index in [9.17, 15) is 9.59 Å². The first-order valence-electron chi connectivity index (χ1n) is 5.87. The van der Waals surface area contributed by atoms with Crippen LogP contribution in [-0.2, 0) is 4.79 Å². The zero-order chi connectivity index (χ0) is 14.4. The molecule has 2 aromatic heterocycles. The molecule has 3 rings (SSSR count). The molecular weight excluding hydrogens is 258 g/mol. The van der Waals surface area contributed by atoms with Gasteiger partial charge >= 0.3 is 0 Å². The highest BCUT2D eigenvalue weighted by Crippen LogP contribution is 2.28. The van der Waals surface area contributed by atoms with Crippen molar-refractivity contribution in [3.63, 3.8) is 0 Å². The van der Waals surface area contributed by atoms with Crippen molar-refractivity contribution in [2.75, 3.05) is 5.32 Å². The number of amides is 2. The predicted octanol–water partition coefficient (Wildman–Crippen LogP) is 0.691. The molecule has 0 fully saturated rings. The van der Waals surface area contributed by atoms with Crippen LogP contribution in [0.2, 0.25) is 0 Å². The van der Waals surface area contributed by atoms with Gasteiger partial charge in [-0.3, -0.25) is 20.0 Å². The molecule has 20 heavy (non-hydrogen) atoms. The van der Waals surface area contributed by atoms with E-state index in [0.717, 1.165) is 0 Å². The van der Waals surface area contributed by atoms with Gasteiger partial charge in [-0.05, 0) is 12.1 Å². The Morgan fingerprint density at radius 3 is 2.80 bits per heavy atom. The largest absolute Gasteiger partial charge is 0.364 e. The molecule has 0 aliphatic heterocycles. The van der Waals surface area contributed by atoms with Crippen LogP contribution in [0.15, 0.2) is 18.3 Å². The number of carbonyl (C=O) groups excluding carboxylic acids is 2. The zero-order valence-electron chi connectivity index (χ0n) is 10.6. The molecule has 2 amide bonds. The minimum Gasteiger partial charge on any atom is -0.364 e. The number of anilines is 1. The first-order chi connectivity index (χ1) is 9.47. The molecule has 0 bridgehead atoms. The third-order valence-electron chi connectivity index (χ3n) is 3.06. The smallest absolute Gasteiger partial charge is 0.265 e. The Morgan fingerprint density at radius 2 is 2.15 bits per heavy atom. The molecule has 100 valence electrons. The minimum absolute atomic E-state index is 0.205. The molecule has 0 atom stereocenters. The molecule has 7 nitrogen and oxygen atoms in total. The number of hydrogen-bond donors (Lipinski definition) is 4. The first kappa shape index (κ1) is 12.1. The van der Waals surface area contributed by atoms with Gasteiger partial charge in [-0.2, -0.15) is 0 Å². The fourth-order valence-electron chi connectivity index (χ4n) is 2.27. The Labute approximate surface area is 112 Å². The number of primary amides is 1. The van der Waals surface area contributed by atoms with Crippen molar-refractivity contribution in [3.8, 4) is 0 Å². The van der Waals surface area contributed by atoms with Gasteiger partial charge in [0.1, 0.15) is 5.69 Å². The SMILES string of the molecule is CC(=O)Nc1cc(=N)c2ncc3cc(C(N)=O)[nH]c1c32. The fraction of sp³-hybridized carbons (Fsp3) is 0.0769. The lowest BCUT2D eigenvalue weighted by molar-refractivity contribution is -0.114. The molecule has 2 heterocycles. The number of aromatic amines is 1. The monoisotopic (exact) mass is 269 g/mol. The number of benzene rings is 1. The third-order valence-corrected chi connectivity index (χ3v) is 3.06. The van der Waals surface area contributed by atoms with Crippen LogP contribution in [-0.4, -0.2) is 21.8 Å². The second-order valence-electron chi connectivity index (χ2n) is 4.51. The topological polar surface area (TPSA) is 125 Å². The van der Waals surface area contributed by atoms with Gasteiger partial charge in [0.2, 0.25) is 5.91 Å². The Bertz CT molecular complexity index is 912. The van der Waals surface area contributed by atoms with Crippen LogP contribution in [0.3, 0.4) is 0 Å². The van der Waals surface area contributed by atoms with Gasteiger partial charge in [0.25, 0.3) is 5.91 Å². The standard InChI is InChI=1S/C13H11N5O2/c1-5(19)17-8-3-7(14)11-10-6(4-16-11)2-9(13(15)20)18-12(8)10/h2-4,14,18H,1H3,(H2,15,20)(H,17,19). The Kier molecular flexibility index (Phi) is 2.43. The summed E-state index contributed by atoms with van der Waals surface area (Å²) in [6.45, 7) is 1.37. The van der Waals surface area contributed by atoms with E-state index in [1.165, 1.54) is 13.0 Å². The number of nitrogens with two attached hydrogens (primary N) is 1. The van der Waals surface area contributed by atoms with E-state index in [2.05, 4.69) is 15.3 Å². The molecule has 0 aliphatic rings. The number of H-pyrrole nitrogens is 1. The highest BCUT2D eigenvalue weighted by atomic mass is 16.1. The van der Waals surface area contributed by atoms with Gasteiger partial charge in [0, 0.05) is 23.9 Å². The number of nitrogens with zero attached hydrogens (tertiary/aromatic N) is 1. The van der Waals surface area contributed by atoms with E-state index >= 15 is 0 Å². The van der Waals surface area contributed by atoms with Crippen LogP contribution in [0.4, 0.5) is 5.69 Å². The first-order valence-corrected chi connectivity index (χ1v) is 5.87. The molecule has 1 aromatic carbocycles. The lowest BCUT2D eigenvalue weighted by Gasteiger charge is -2.09. The minimum atomic E-state index is -0.603. The van der Waals surface area contributed by atoms with Crippen LogP contribution in [0.1, 0.15) is 17.4 Å². The van der Waals surface area contributed by atoms with Crippen molar-refractivity contribution < 1.29 is 9.59 Å². The van der Waals surface area contributed by atoms with Gasteiger partial charge in [-0.15, -0.1) is 0 Å². The van der Waals surface area contributed by atoms with Gasteiger partial charge in [-0.1, -0.05) is 0 Å². The second kappa shape index (κ2) is 4.02.